The standard InChI is InChI=1S/C19H18Cl2N2O5S/c1-3-28-18(25)15-11-6-7-23(19(26)27-2)9-14(11)29-17(15)22-16(24)12-8-10(20)4-5-13(12)21/h4-5,8H,3,6-7,9H2,1-2H3,(H,22,24). The molecule has 1 aromatic carbocycles. The summed E-state index contributed by atoms with van der Waals surface area (Å²) in [7, 11) is 1.32. The van der Waals surface area contributed by atoms with Crippen LogP contribution in [0.2, 0.25) is 10.0 Å². The molecular formula is C19H18Cl2N2O5S. The van der Waals surface area contributed by atoms with Crippen molar-refractivity contribution in [3.05, 3.63) is 49.8 Å². The number of fused-ring (bicyclic) bond motifs is 1. The van der Waals surface area contributed by atoms with Crippen LogP contribution in [-0.2, 0) is 22.4 Å². The zero-order valence-electron chi connectivity index (χ0n) is 15.7. The van der Waals surface area contributed by atoms with Crippen LogP contribution in [-0.4, -0.2) is 43.1 Å². The highest BCUT2D eigenvalue weighted by atomic mass is 35.5. The number of ether oxygens (including phenoxy) is 2. The Morgan fingerprint density at radius 1 is 1.28 bits per heavy atom. The molecule has 0 aliphatic carbocycles. The van der Waals surface area contributed by atoms with Gasteiger partial charge < -0.3 is 19.7 Å². The number of thiophene rings is 1. The molecule has 3 rings (SSSR count). The van der Waals surface area contributed by atoms with Crippen LogP contribution >= 0.6 is 34.5 Å². The summed E-state index contributed by atoms with van der Waals surface area (Å²) in [5, 5.41) is 3.70. The number of amides is 2. The molecule has 1 aliphatic heterocycles. The van der Waals surface area contributed by atoms with E-state index in [0.717, 1.165) is 10.4 Å². The monoisotopic (exact) mass is 456 g/mol. The van der Waals surface area contributed by atoms with Gasteiger partial charge in [-0.25, -0.2) is 9.59 Å². The van der Waals surface area contributed by atoms with Crippen LogP contribution in [0.25, 0.3) is 0 Å². The number of benzene rings is 1. The van der Waals surface area contributed by atoms with Gasteiger partial charge in [-0.3, -0.25) is 4.79 Å². The fraction of sp³-hybridized carbons (Fsp3) is 0.316. The molecule has 0 fully saturated rings. The van der Waals surface area contributed by atoms with Crippen LogP contribution in [0.5, 0.6) is 0 Å². The molecule has 7 nitrogen and oxygen atoms in total. The minimum Gasteiger partial charge on any atom is -0.462 e. The van der Waals surface area contributed by atoms with Gasteiger partial charge in [0.25, 0.3) is 5.91 Å². The number of nitrogens with one attached hydrogen (secondary N) is 1. The zero-order chi connectivity index (χ0) is 21.1. The van der Waals surface area contributed by atoms with Crippen molar-refractivity contribution in [2.45, 2.75) is 19.9 Å². The molecule has 0 radical (unpaired) electrons. The average Bonchev–Trinajstić information content (AvgIpc) is 3.06. The molecule has 0 bridgehead atoms. The normalized spacial score (nSPS) is 12.9. The second-order valence-corrected chi connectivity index (χ2v) is 8.10. The maximum atomic E-state index is 12.8. The molecular weight excluding hydrogens is 439 g/mol. The summed E-state index contributed by atoms with van der Waals surface area (Å²) in [6, 6.07) is 4.56. The van der Waals surface area contributed by atoms with Crippen molar-refractivity contribution in [2.24, 2.45) is 0 Å². The van der Waals surface area contributed by atoms with Crippen molar-refractivity contribution in [1.82, 2.24) is 4.90 Å². The van der Waals surface area contributed by atoms with Gasteiger partial charge in [-0.05, 0) is 37.1 Å². The van der Waals surface area contributed by atoms with Gasteiger partial charge in [0.15, 0.2) is 0 Å². The highest BCUT2D eigenvalue weighted by molar-refractivity contribution is 7.17. The second-order valence-electron chi connectivity index (χ2n) is 6.15. The summed E-state index contributed by atoms with van der Waals surface area (Å²) in [6.45, 7) is 2.59. The van der Waals surface area contributed by atoms with E-state index in [-0.39, 0.29) is 23.7 Å². The quantitative estimate of drug-likeness (QED) is 0.678. The molecule has 0 saturated heterocycles. The Kier molecular flexibility index (Phi) is 6.66. The van der Waals surface area contributed by atoms with Crippen LogP contribution in [0.1, 0.15) is 38.1 Å². The van der Waals surface area contributed by atoms with Gasteiger partial charge in [0.1, 0.15) is 5.00 Å². The van der Waals surface area contributed by atoms with Gasteiger partial charge in [-0.15, -0.1) is 11.3 Å². The van der Waals surface area contributed by atoms with E-state index in [1.165, 1.54) is 35.5 Å². The van der Waals surface area contributed by atoms with E-state index in [2.05, 4.69) is 5.32 Å². The molecule has 10 heteroatoms. The maximum absolute atomic E-state index is 12.8. The Morgan fingerprint density at radius 2 is 2.03 bits per heavy atom. The van der Waals surface area contributed by atoms with Gasteiger partial charge in [0.2, 0.25) is 0 Å². The van der Waals surface area contributed by atoms with Crippen molar-refractivity contribution < 1.29 is 23.9 Å². The van der Waals surface area contributed by atoms with Gasteiger partial charge in [0, 0.05) is 16.4 Å². The fourth-order valence-corrected chi connectivity index (χ4v) is 4.66. The summed E-state index contributed by atoms with van der Waals surface area (Å²) in [6.07, 6.45) is 0.00103. The highest BCUT2D eigenvalue weighted by Crippen LogP contribution is 2.38. The molecule has 0 unspecified atom stereocenters. The van der Waals surface area contributed by atoms with Gasteiger partial charge in [-0.1, -0.05) is 23.2 Å². The molecule has 2 heterocycles. The SMILES string of the molecule is CCOC(=O)c1c(NC(=O)c2cc(Cl)ccc2Cl)sc2c1CCN(C(=O)OC)C2. The van der Waals surface area contributed by atoms with Crippen LogP contribution in [0.4, 0.5) is 9.80 Å². The lowest BCUT2D eigenvalue weighted by Gasteiger charge is -2.25. The first-order valence-electron chi connectivity index (χ1n) is 8.76. The van der Waals surface area contributed by atoms with Crippen LogP contribution in [0.15, 0.2) is 18.2 Å². The number of anilines is 1. The van der Waals surface area contributed by atoms with E-state index in [9.17, 15) is 14.4 Å². The third-order valence-corrected chi connectivity index (χ3v) is 6.07. The summed E-state index contributed by atoms with van der Waals surface area (Å²) in [5.41, 5.74) is 1.26. The molecule has 0 saturated carbocycles. The van der Waals surface area contributed by atoms with Crippen molar-refractivity contribution >= 4 is 57.5 Å². The van der Waals surface area contributed by atoms with Gasteiger partial charge >= 0.3 is 12.1 Å². The molecule has 154 valence electrons. The number of carbonyl (C=O) groups excluding carboxylic acids is 3. The largest absolute Gasteiger partial charge is 0.462 e. The summed E-state index contributed by atoms with van der Waals surface area (Å²) in [5.74, 6) is -1.02. The lowest BCUT2D eigenvalue weighted by molar-refractivity contribution is 0.0526. The number of esters is 1. The lowest BCUT2D eigenvalue weighted by atomic mass is 10.0. The number of hydrogen-bond donors (Lipinski definition) is 1. The molecule has 0 spiro atoms. The molecule has 0 atom stereocenters. The van der Waals surface area contributed by atoms with E-state index in [1.807, 2.05) is 0 Å². The first kappa shape index (κ1) is 21.4. The molecule has 1 aliphatic rings. The van der Waals surface area contributed by atoms with Crippen molar-refractivity contribution in [3.8, 4) is 0 Å². The van der Waals surface area contributed by atoms with Crippen LogP contribution < -0.4 is 5.32 Å². The van der Waals surface area contributed by atoms with E-state index < -0.39 is 18.0 Å². The number of carbonyl (C=O) groups is 3. The maximum Gasteiger partial charge on any atom is 0.409 e. The fourth-order valence-electron chi connectivity index (χ4n) is 3.04. The predicted octanol–water partition coefficient (Wildman–Crippen LogP) is 4.61. The first-order chi connectivity index (χ1) is 13.8. The van der Waals surface area contributed by atoms with Crippen molar-refractivity contribution in [2.75, 3.05) is 25.6 Å². The number of methoxy groups -OCH3 is 1. The number of rotatable bonds is 4. The lowest BCUT2D eigenvalue weighted by Crippen LogP contribution is -2.35. The molecule has 2 aromatic rings. The first-order valence-corrected chi connectivity index (χ1v) is 10.3. The smallest absolute Gasteiger partial charge is 0.409 e. The predicted molar refractivity (Wildman–Crippen MR) is 111 cm³/mol. The van der Waals surface area contributed by atoms with Crippen LogP contribution in [0, 0.1) is 0 Å². The van der Waals surface area contributed by atoms with Crippen LogP contribution in [0.3, 0.4) is 0 Å². The minimum atomic E-state index is -0.524. The van der Waals surface area contributed by atoms with E-state index >= 15 is 0 Å². The zero-order valence-corrected chi connectivity index (χ0v) is 18.0. The number of nitrogens with zero attached hydrogens (tertiary/aromatic N) is 1. The Morgan fingerprint density at radius 3 is 2.72 bits per heavy atom. The second kappa shape index (κ2) is 9.02. The Bertz CT molecular complexity index is 976. The minimum absolute atomic E-state index is 0.191. The molecule has 1 aromatic heterocycles. The Hall–Kier alpha value is -2.29. The van der Waals surface area contributed by atoms with Gasteiger partial charge in [-0.2, -0.15) is 0 Å². The number of hydrogen-bond acceptors (Lipinski definition) is 6. The molecule has 29 heavy (non-hydrogen) atoms. The number of halogens is 2. The summed E-state index contributed by atoms with van der Waals surface area (Å²) in [4.78, 5) is 39.5. The third kappa shape index (κ3) is 4.49. The third-order valence-electron chi connectivity index (χ3n) is 4.37. The Labute approximate surface area is 181 Å². The van der Waals surface area contributed by atoms with E-state index in [0.29, 0.717) is 28.6 Å². The van der Waals surface area contributed by atoms with E-state index in [1.54, 1.807) is 13.0 Å². The van der Waals surface area contributed by atoms with Crippen molar-refractivity contribution in [3.63, 3.8) is 0 Å². The topological polar surface area (TPSA) is 84.9 Å². The van der Waals surface area contributed by atoms with Crippen molar-refractivity contribution in [1.29, 1.82) is 0 Å². The highest BCUT2D eigenvalue weighted by Gasteiger charge is 2.31. The molecule has 1 N–H and O–H groups in total. The van der Waals surface area contributed by atoms with Gasteiger partial charge in [0.05, 0.1) is 36.4 Å². The molecule has 2 amide bonds. The summed E-state index contributed by atoms with van der Waals surface area (Å²) < 4.78 is 9.96. The average molecular weight is 457 g/mol. The van der Waals surface area contributed by atoms with E-state index in [4.69, 9.17) is 32.7 Å². The Balaban J connectivity index is 1.96. The summed E-state index contributed by atoms with van der Waals surface area (Å²) >= 11 is 13.3.